The molecule has 4 heterocycles. The number of aromatic nitrogens is 4. The number of carbonyl (C=O) groups is 1. The van der Waals surface area contributed by atoms with Crippen molar-refractivity contribution < 1.29 is 4.79 Å². The monoisotopic (exact) mass is 381 g/mol. The molecule has 2 atom stereocenters. The van der Waals surface area contributed by atoms with Gasteiger partial charge >= 0.3 is 0 Å². The summed E-state index contributed by atoms with van der Waals surface area (Å²) >= 11 is 0. The van der Waals surface area contributed by atoms with Gasteiger partial charge in [0.2, 0.25) is 0 Å². The summed E-state index contributed by atoms with van der Waals surface area (Å²) in [5, 5.41) is 4.34. The molecular formula is C23H19N5O. The standard InChI is InChI=1S/C23H19N5O/c29-23-16-4-1-6-22(28-11-3-10-25-28)18(16)14-27(23)13-15-12-17(15)19-7-8-20-21(26-19)5-2-9-24-20/h1-11,15,17H,12-14H2/t15-,17+/m0/s1. The average molecular weight is 381 g/mol. The number of hydrogen-bond acceptors (Lipinski definition) is 4. The molecule has 29 heavy (non-hydrogen) atoms. The van der Waals surface area contributed by atoms with E-state index in [1.165, 1.54) is 0 Å². The molecule has 1 saturated carbocycles. The minimum Gasteiger partial charge on any atom is -0.334 e. The van der Waals surface area contributed by atoms with Gasteiger partial charge in [-0.15, -0.1) is 0 Å². The molecule has 1 amide bonds. The fraction of sp³-hybridized carbons (Fsp3) is 0.217. The molecule has 6 nitrogen and oxygen atoms in total. The highest BCUT2D eigenvalue weighted by atomic mass is 16.2. The molecule has 0 unspecified atom stereocenters. The van der Waals surface area contributed by atoms with Crippen LogP contribution in [0.15, 0.2) is 67.1 Å². The Morgan fingerprint density at radius 2 is 1.97 bits per heavy atom. The third-order valence-electron chi connectivity index (χ3n) is 6.00. The molecule has 4 aromatic rings. The van der Waals surface area contributed by atoms with Crippen molar-refractivity contribution in [1.82, 2.24) is 24.6 Å². The predicted octanol–water partition coefficient (Wildman–Crippen LogP) is 3.58. The molecule has 0 N–H and O–H groups in total. The Labute approximate surface area is 167 Å². The van der Waals surface area contributed by atoms with E-state index < -0.39 is 0 Å². The third kappa shape index (κ3) is 2.71. The van der Waals surface area contributed by atoms with Gasteiger partial charge in [0.05, 0.1) is 16.7 Å². The Balaban J connectivity index is 1.21. The maximum Gasteiger partial charge on any atom is 0.254 e. The van der Waals surface area contributed by atoms with Crippen molar-refractivity contribution in [3.05, 3.63) is 83.9 Å². The Bertz CT molecular complexity index is 1230. The van der Waals surface area contributed by atoms with Crippen molar-refractivity contribution in [3.8, 4) is 5.69 Å². The van der Waals surface area contributed by atoms with Crippen LogP contribution in [-0.4, -0.2) is 37.1 Å². The molecule has 0 radical (unpaired) electrons. The maximum atomic E-state index is 13.0. The van der Waals surface area contributed by atoms with Crippen LogP contribution in [0.25, 0.3) is 16.7 Å². The van der Waals surface area contributed by atoms with E-state index in [2.05, 4.69) is 16.1 Å². The first-order chi connectivity index (χ1) is 14.3. The molecule has 1 aliphatic carbocycles. The first-order valence-corrected chi connectivity index (χ1v) is 9.91. The van der Waals surface area contributed by atoms with Gasteiger partial charge in [0.25, 0.3) is 5.91 Å². The van der Waals surface area contributed by atoms with Crippen molar-refractivity contribution in [3.63, 3.8) is 0 Å². The van der Waals surface area contributed by atoms with E-state index in [4.69, 9.17) is 4.98 Å². The van der Waals surface area contributed by atoms with Gasteiger partial charge in [-0.1, -0.05) is 6.07 Å². The molecule has 3 aromatic heterocycles. The summed E-state index contributed by atoms with van der Waals surface area (Å²) in [7, 11) is 0. The summed E-state index contributed by atoms with van der Waals surface area (Å²) in [6.07, 6.45) is 6.54. The Kier molecular flexibility index (Phi) is 3.53. The van der Waals surface area contributed by atoms with Crippen molar-refractivity contribution in [2.24, 2.45) is 5.92 Å². The number of pyridine rings is 2. The van der Waals surface area contributed by atoms with Crippen molar-refractivity contribution in [1.29, 1.82) is 0 Å². The summed E-state index contributed by atoms with van der Waals surface area (Å²) in [6.45, 7) is 1.41. The summed E-state index contributed by atoms with van der Waals surface area (Å²) < 4.78 is 1.84. The van der Waals surface area contributed by atoms with E-state index >= 15 is 0 Å². The van der Waals surface area contributed by atoms with Crippen LogP contribution in [0, 0.1) is 5.92 Å². The van der Waals surface area contributed by atoms with E-state index in [1.54, 1.807) is 12.4 Å². The lowest BCUT2D eigenvalue weighted by Gasteiger charge is -2.15. The van der Waals surface area contributed by atoms with Gasteiger partial charge < -0.3 is 4.90 Å². The quantitative estimate of drug-likeness (QED) is 0.542. The van der Waals surface area contributed by atoms with Gasteiger partial charge in [-0.05, 0) is 54.8 Å². The zero-order valence-electron chi connectivity index (χ0n) is 15.8. The third-order valence-corrected chi connectivity index (χ3v) is 6.00. The fourth-order valence-corrected chi connectivity index (χ4v) is 4.42. The van der Waals surface area contributed by atoms with Crippen LogP contribution in [0.4, 0.5) is 0 Å². The number of fused-ring (bicyclic) bond motifs is 2. The van der Waals surface area contributed by atoms with Crippen molar-refractivity contribution >= 4 is 16.9 Å². The molecule has 2 aliphatic rings. The second kappa shape index (κ2) is 6.24. The highest BCUT2D eigenvalue weighted by Gasteiger charge is 2.43. The molecule has 142 valence electrons. The Morgan fingerprint density at radius 1 is 1.00 bits per heavy atom. The average Bonchev–Trinajstić information content (AvgIpc) is 3.16. The van der Waals surface area contributed by atoms with Crippen LogP contribution in [0.3, 0.4) is 0 Å². The zero-order chi connectivity index (χ0) is 19.4. The number of rotatable bonds is 4. The predicted molar refractivity (Wildman–Crippen MR) is 109 cm³/mol. The number of benzene rings is 1. The van der Waals surface area contributed by atoms with Crippen molar-refractivity contribution in [2.75, 3.05) is 6.54 Å². The van der Waals surface area contributed by atoms with Crippen LogP contribution < -0.4 is 0 Å². The molecule has 0 spiro atoms. The molecule has 1 aromatic carbocycles. The van der Waals surface area contributed by atoms with Crippen LogP contribution in [-0.2, 0) is 6.54 Å². The Morgan fingerprint density at radius 3 is 2.86 bits per heavy atom. The summed E-state index contributed by atoms with van der Waals surface area (Å²) in [5.74, 6) is 1.00. The molecule has 6 heteroatoms. The molecule has 0 bridgehead atoms. The van der Waals surface area contributed by atoms with Crippen LogP contribution >= 0.6 is 0 Å². The molecule has 1 fully saturated rings. The minimum absolute atomic E-state index is 0.121. The lowest BCUT2D eigenvalue weighted by molar-refractivity contribution is 0.0770. The number of hydrogen-bond donors (Lipinski definition) is 0. The SMILES string of the molecule is O=C1c2cccc(-n3cccn3)c2CN1C[C@@H]1C[C@H]1c1ccc2ncccc2n1. The lowest BCUT2D eigenvalue weighted by Crippen LogP contribution is -2.26. The fourth-order valence-electron chi connectivity index (χ4n) is 4.42. The minimum atomic E-state index is 0.121. The molecule has 6 rings (SSSR count). The molecular weight excluding hydrogens is 362 g/mol. The van der Waals surface area contributed by atoms with Gasteiger partial charge in [-0.3, -0.25) is 14.8 Å². The Hall–Kier alpha value is -3.54. The molecule has 0 saturated heterocycles. The zero-order valence-corrected chi connectivity index (χ0v) is 15.8. The highest BCUT2D eigenvalue weighted by molar-refractivity contribution is 5.99. The summed E-state index contributed by atoms with van der Waals surface area (Å²) in [4.78, 5) is 24.1. The van der Waals surface area contributed by atoms with E-state index in [0.29, 0.717) is 18.4 Å². The van der Waals surface area contributed by atoms with Crippen LogP contribution in [0.1, 0.15) is 34.0 Å². The van der Waals surface area contributed by atoms with E-state index in [9.17, 15) is 4.79 Å². The lowest BCUT2D eigenvalue weighted by atomic mass is 10.1. The maximum absolute atomic E-state index is 13.0. The highest BCUT2D eigenvalue weighted by Crippen LogP contribution is 2.48. The van der Waals surface area contributed by atoms with Gasteiger partial charge in [0.15, 0.2) is 0 Å². The van der Waals surface area contributed by atoms with Gasteiger partial charge in [-0.25, -0.2) is 4.68 Å². The van der Waals surface area contributed by atoms with Gasteiger partial charge in [0, 0.05) is 54.4 Å². The first-order valence-electron chi connectivity index (χ1n) is 9.91. The van der Waals surface area contributed by atoms with E-state index in [1.807, 2.05) is 58.2 Å². The van der Waals surface area contributed by atoms with E-state index in [0.717, 1.165) is 46.5 Å². The number of amides is 1. The second-order valence-corrected chi connectivity index (χ2v) is 7.82. The normalized spacial score (nSPS) is 20.3. The smallest absolute Gasteiger partial charge is 0.254 e. The summed E-state index contributed by atoms with van der Waals surface area (Å²) in [5.41, 5.74) is 5.81. The first kappa shape index (κ1) is 16.4. The van der Waals surface area contributed by atoms with Crippen molar-refractivity contribution in [2.45, 2.75) is 18.9 Å². The number of carbonyl (C=O) groups excluding carboxylic acids is 1. The molecule has 1 aliphatic heterocycles. The van der Waals surface area contributed by atoms with Crippen LogP contribution in [0.2, 0.25) is 0 Å². The van der Waals surface area contributed by atoms with Gasteiger partial charge in [0.1, 0.15) is 0 Å². The van der Waals surface area contributed by atoms with E-state index in [-0.39, 0.29) is 5.91 Å². The van der Waals surface area contributed by atoms with Crippen LogP contribution in [0.5, 0.6) is 0 Å². The topological polar surface area (TPSA) is 63.9 Å². The number of nitrogens with zero attached hydrogens (tertiary/aromatic N) is 5. The second-order valence-electron chi connectivity index (χ2n) is 7.82. The largest absolute Gasteiger partial charge is 0.334 e. The van der Waals surface area contributed by atoms with Gasteiger partial charge in [-0.2, -0.15) is 5.10 Å². The summed E-state index contributed by atoms with van der Waals surface area (Å²) in [6, 6.07) is 15.8.